The van der Waals surface area contributed by atoms with Crippen molar-refractivity contribution >= 4 is 11.8 Å². The van der Waals surface area contributed by atoms with Gasteiger partial charge in [-0.1, -0.05) is 23.9 Å². The van der Waals surface area contributed by atoms with Gasteiger partial charge in [0.2, 0.25) is 0 Å². The zero-order chi connectivity index (χ0) is 6.10. The highest BCUT2D eigenvalue weighted by molar-refractivity contribution is 8.05. The zero-order valence-electron chi connectivity index (χ0n) is 4.87. The molecule has 0 amide bonds. The highest BCUT2D eigenvalue weighted by atomic mass is 32.2. The summed E-state index contributed by atoms with van der Waals surface area (Å²) in [4.78, 5) is 2.17. The number of fused-ring (bicyclic) bond motifs is 1. The SMILES string of the molecule is [C]1=C2SC=CN2CC=C1. The van der Waals surface area contributed by atoms with Crippen molar-refractivity contribution in [3.8, 4) is 0 Å². The van der Waals surface area contributed by atoms with Gasteiger partial charge in [0.25, 0.3) is 0 Å². The summed E-state index contributed by atoms with van der Waals surface area (Å²) in [5, 5.41) is 3.30. The van der Waals surface area contributed by atoms with E-state index in [-0.39, 0.29) is 0 Å². The summed E-state index contributed by atoms with van der Waals surface area (Å²) in [7, 11) is 0. The van der Waals surface area contributed by atoms with Gasteiger partial charge < -0.3 is 4.90 Å². The minimum atomic E-state index is 1.01. The molecule has 1 nitrogen and oxygen atoms in total. The Morgan fingerprint density at radius 2 is 2.67 bits per heavy atom. The first kappa shape index (κ1) is 5.18. The molecule has 2 heterocycles. The van der Waals surface area contributed by atoms with Crippen LogP contribution in [0.3, 0.4) is 0 Å². The summed E-state index contributed by atoms with van der Waals surface area (Å²) >= 11 is 1.73. The lowest BCUT2D eigenvalue weighted by molar-refractivity contribution is 0.552. The molecule has 0 saturated carbocycles. The van der Waals surface area contributed by atoms with Gasteiger partial charge >= 0.3 is 0 Å². The van der Waals surface area contributed by atoms with Gasteiger partial charge in [-0.15, -0.1) is 0 Å². The maximum Gasteiger partial charge on any atom is 0.0874 e. The Hall–Kier alpha value is -0.630. The van der Waals surface area contributed by atoms with Crippen LogP contribution < -0.4 is 0 Å². The predicted molar refractivity (Wildman–Crippen MR) is 39.3 cm³/mol. The Morgan fingerprint density at radius 3 is 3.56 bits per heavy atom. The van der Waals surface area contributed by atoms with Crippen LogP contribution in [0.15, 0.2) is 28.8 Å². The molecule has 0 aliphatic carbocycles. The first-order valence-corrected chi connectivity index (χ1v) is 3.73. The van der Waals surface area contributed by atoms with Gasteiger partial charge in [0, 0.05) is 18.8 Å². The minimum Gasteiger partial charge on any atom is -0.338 e. The molecule has 0 saturated heterocycles. The molecule has 2 rings (SSSR count). The number of thioether (sulfide) groups is 1. The van der Waals surface area contributed by atoms with Gasteiger partial charge in [0.15, 0.2) is 0 Å². The standard InChI is InChI=1S/C7H6NS/c1-2-4-8-5-6-9-7(8)3-1/h1-2,5-6H,4H2. The average molecular weight is 136 g/mol. The van der Waals surface area contributed by atoms with Crippen molar-refractivity contribution < 1.29 is 0 Å². The van der Waals surface area contributed by atoms with Crippen LogP contribution in [0.2, 0.25) is 0 Å². The van der Waals surface area contributed by atoms with E-state index in [0.717, 1.165) is 6.54 Å². The molecule has 0 bridgehead atoms. The molecule has 2 aliphatic heterocycles. The maximum absolute atomic E-state index is 3.14. The summed E-state index contributed by atoms with van der Waals surface area (Å²) in [5.41, 5.74) is 0. The summed E-state index contributed by atoms with van der Waals surface area (Å²) in [6, 6.07) is 0. The topological polar surface area (TPSA) is 3.24 Å². The van der Waals surface area contributed by atoms with Gasteiger partial charge in [-0.25, -0.2) is 0 Å². The quantitative estimate of drug-likeness (QED) is 0.499. The number of nitrogens with zero attached hydrogens (tertiary/aromatic N) is 1. The molecule has 0 aromatic carbocycles. The van der Waals surface area contributed by atoms with E-state index < -0.39 is 0 Å². The lowest BCUT2D eigenvalue weighted by Gasteiger charge is -2.16. The van der Waals surface area contributed by atoms with E-state index in [2.05, 4.69) is 28.7 Å². The van der Waals surface area contributed by atoms with Crippen LogP contribution in [-0.2, 0) is 0 Å². The lowest BCUT2D eigenvalue weighted by atomic mass is 10.4. The molecular formula is C7H6NS. The van der Waals surface area contributed by atoms with Crippen LogP contribution in [0.1, 0.15) is 0 Å². The molecule has 0 N–H and O–H groups in total. The van der Waals surface area contributed by atoms with Crippen LogP contribution in [0.5, 0.6) is 0 Å². The van der Waals surface area contributed by atoms with Gasteiger partial charge in [-0.3, -0.25) is 0 Å². The van der Waals surface area contributed by atoms with Gasteiger partial charge in [0.1, 0.15) is 0 Å². The largest absolute Gasteiger partial charge is 0.338 e. The minimum absolute atomic E-state index is 1.01. The molecule has 2 heteroatoms. The highest BCUT2D eigenvalue weighted by Gasteiger charge is 2.11. The third kappa shape index (κ3) is 0.793. The highest BCUT2D eigenvalue weighted by Crippen LogP contribution is 2.29. The summed E-state index contributed by atoms with van der Waals surface area (Å²) in [5.74, 6) is 0. The van der Waals surface area contributed by atoms with Crippen LogP contribution in [-0.4, -0.2) is 11.4 Å². The second-order valence-corrected chi connectivity index (χ2v) is 2.80. The predicted octanol–water partition coefficient (Wildman–Crippen LogP) is 1.72. The first-order valence-electron chi connectivity index (χ1n) is 2.85. The Balaban J connectivity index is 2.29. The van der Waals surface area contributed by atoms with Crippen LogP contribution in [0.25, 0.3) is 0 Å². The molecule has 9 heavy (non-hydrogen) atoms. The Bertz CT molecular complexity index is 203. The fourth-order valence-corrected chi connectivity index (χ4v) is 1.60. The second-order valence-electron chi connectivity index (χ2n) is 1.91. The van der Waals surface area contributed by atoms with Crippen molar-refractivity contribution in [3.63, 3.8) is 0 Å². The van der Waals surface area contributed by atoms with Crippen molar-refractivity contribution in [1.29, 1.82) is 0 Å². The third-order valence-corrected chi connectivity index (χ3v) is 2.14. The van der Waals surface area contributed by atoms with E-state index in [1.54, 1.807) is 11.8 Å². The normalized spacial score (nSPS) is 22.2. The number of allylic oxidation sites excluding steroid dienone is 2. The van der Waals surface area contributed by atoms with E-state index in [4.69, 9.17) is 0 Å². The van der Waals surface area contributed by atoms with Crippen molar-refractivity contribution in [2.24, 2.45) is 0 Å². The summed E-state index contributed by atoms with van der Waals surface area (Å²) in [6.07, 6.45) is 9.30. The van der Waals surface area contributed by atoms with Crippen molar-refractivity contribution in [3.05, 3.63) is 34.9 Å². The summed E-state index contributed by atoms with van der Waals surface area (Å²) in [6.45, 7) is 1.01. The van der Waals surface area contributed by atoms with Gasteiger partial charge in [0.05, 0.1) is 5.03 Å². The van der Waals surface area contributed by atoms with Crippen LogP contribution in [0.4, 0.5) is 0 Å². The Kier molecular flexibility index (Phi) is 1.12. The van der Waals surface area contributed by atoms with Gasteiger partial charge in [-0.05, 0) is 5.41 Å². The molecule has 0 unspecified atom stereocenters. The maximum atomic E-state index is 3.14. The van der Waals surface area contributed by atoms with E-state index >= 15 is 0 Å². The fraction of sp³-hybridized carbons (Fsp3) is 0.143. The molecule has 0 spiro atoms. The van der Waals surface area contributed by atoms with E-state index in [1.807, 2.05) is 6.08 Å². The third-order valence-electron chi connectivity index (χ3n) is 1.31. The fourth-order valence-electron chi connectivity index (χ4n) is 0.861. The van der Waals surface area contributed by atoms with Crippen LogP contribution in [0, 0.1) is 6.08 Å². The molecule has 0 atom stereocenters. The first-order chi connectivity index (χ1) is 4.47. The van der Waals surface area contributed by atoms with Crippen molar-refractivity contribution in [2.75, 3.05) is 6.54 Å². The van der Waals surface area contributed by atoms with Crippen molar-refractivity contribution in [2.45, 2.75) is 0 Å². The monoisotopic (exact) mass is 136 g/mol. The lowest BCUT2D eigenvalue weighted by Crippen LogP contribution is -2.13. The van der Waals surface area contributed by atoms with E-state index in [0.29, 0.717) is 0 Å². The molecule has 2 aliphatic rings. The van der Waals surface area contributed by atoms with E-state index in [9.17, 15) is 0 Å². The number of hydrogen-bond donors (Lipinski definition) is 0. The van der Waals surface area contributed by atoms with E-state index in [1.165, 1.54) is 5.03 Å². The molecule has 1 radical (unpaired) electrons. The van der Waals surface area contributed by atoms with Crippen molar-refractivity contribution in [1.82, 2.24) is 4.90 Å². The average Bonchev–Trinajstić information content (AvgIpc) is 2.33. The molecular weight excluding hydrogens is 130 g/mol. The summed E-state index contributed by atoms with van der Waals surface area (Å²) < 4.78 is 0. The molecule has 0 aromatic rings. The number of hydrogen-bond acceptors (Lipinski definition) is 2. The smallest absolute Gasteiger partial charge is 0.0874 e. The molecule has 0 aromatic heterocycles. The van der Waals surface area contributed by atoms with Gasteiger partial charge in [-0.2, -0.15) is 0 Å². The zero-order valence-corrected chi connectivity index (χ0v) is 5.69. The molecule has 0 fully saturated rings. The molecule has 45 valence electrons. The van der Waals surface area contributed by atoms with Crippen LogP contribution >= 0.6 is 11.8 Å². The second kappa shape index (κ2) is 1.95. The number of rotatable bonds is 0. The Labute approximate surface area is 58.7 Å². The Morgan fingerprint density at radius 1 is 1.67 bits per heavy atom.